The zero-order valence-corrected chi connectivity index (χ0v) is 10.7. The lowest BCUT2D eigenvalue weighted by Crippen LogP contribution is -2.09. The van der Waals surface area contributed by atoms with Gasteiger partial charge in [0.15, 0.2) is 0 Å². The van der Waals surface area contributed by atoms with Crippen molar-refractivity contribution in [1.82, 2.24) is 5.32 Å². The fourth-order valence-corrected chi connectivity index (χ4v) is 1.89. The zero-order valence-electron chi connectivity index (χ0n) is 9.85. The minimum absolute atomic E-state index is 0.577. The summed E-state index contributed by atoms with van der Waals surface area (Å²) in [5.74, 6) is 0.887. The molecule has 0 atom stereocenters. The second kappa shape index (κ2) is 7.68. The highest BCUT2D eigenvalue weighted by atomic mass is 32.2. The summed E-state index contributed by atoms with van der Waals surface area (Å²) in [6, 6.07) is 8.15. The summed E-state index contributed by atoms with van der Waals surface area (Å²) in [6.45, 7) is 6.14. The first-order valence-electron chi connectivity index (χ1n) is 5.27. The molecule has 0 fully saturated rings. The van der Waals surface area contributed by atoms with Crippen LogP contribution in [0.15, 0.2) is 41.5 Å². The fourth-order valence-electron chi connectivity index (χ4n) is 1.17. The molecule has 0 bridgehead atoms. The number of allylic oxidation sites excluding steroid dienone is 1. The molecule has 1 rings (SSSR count). The Morgan fingerprint density at radius 1 is 1.41 bits per heavy atom. The summed E-state index contributed by atoms with van der Waals surface area (Å²) < 4.78 is 0. The summed E-state index contributed by atoms with van der Waals surface area (Å²) in [7, 11) is 0. The van der Waals surface area contributed by atoms with Crippen LogP contribution in [0, 0.1) is 0 Å². The third kappa shape index (κ3) is 5.92. The minimum Gasteiger partial charge on any atom is -0.355 e. The van der Waals surface area contributed by atoms with Crippen molar-refractivity contribution in [2.24, 2.45) is 4.99 Å². The predicted octanol–water partition coefficient (Wildman–Crippen LogP) is 2.73. The Balaban J connectivity index is 2.39. The Morgan fingerprint density at radius 3 is 2.65 bits per heavy atom. The highest BCUT2D eigenvalue weighted by Crippen LogP contribution is 2.11. The van der Waals surface area contributed by atoms with Crippen molar-refractivity contribution in [2.75, 3.05) is 0 Å². The molecule has 0 aliphatic carbocycles. The number of benzene rings is 1. The van der Waals surface area contributed by atoms with Gasteiger partial charge in [-0.2, -0.15) is 0 Å². The topological polar surface area (TPSA) is 41.5 Å². The maximum absolute atomic E-state index is 10.1. The van der Waals surface area contributed by atoms with Crippen LogP contribution in [0.3, 0.4) is 0 Å². The van der Waals surface area contributed by atoms with Crippen molar-refractivity contribution in [1.29, 1.82) is 0 Å². The number of nitrogens with one attached hydrogen (secondary N) is 1. The van der Waals surface area contributed by atoms with Crippen LogP contribution in [0.5, 0.6) is 0 Å². The van der Waals surface area contributed by atoms with Crippen LogP contribution in [0.4, 0.5) is 0 Å². The molecule has 90 valence electrons. The first-order valence-corrected chi connectivity index (χ1v) is 6.31. The maximum Gasteiger partial charge on any atom is 0.207 e. The first kappa shape index (κ1) is 13.5. The van der Waals surface area contributed by atoms with Gasteiger partial charge in [0, 0.05) is 18.0 Å². The van der Waals surface area contributed by atoms with Crippen LogP contribution in [0.1, 0.15) is 18.1 Å². The second-order valence-electron chi connectivity index (χ2n) is 3.60. The molecule has 0 spiro atoms. The van der Waals surface area contributed by atoms with Gasteiger partial charge in [0.1, 0.15) is 0 Å². The van der Waals surface area contributed by atoms with Gasteiger partial charge in [0.25, 0.3) is 0 Å². The van der Waals surface area contributed by atoms with Crippen LogP contribution in [-0.2, 0) is 17.1 Å². The number of aliphatic imine (C=N–C) groups is 1. The molecule has 0 unspecified atom stereocenters. The Bertz CT molecular complexity index is 398. The van der Waals surface area contributed by atoms with E-state index in [1.807, 2.05) is 24.6 Å². The van der Waals surface area contributed by atoms with Crippen molar-refractivity contribution in [3.8, 4) is 0 Å². The molecule has 1 aromatic rings. The highest BCUT2D eigenvalue weighted by Gasteiger charge is 1.94. The lowest BCUT2D eigenvalue weighted by Gasteiger charge is -2.02. The summed E-state index contributed by atoms with van der Waals surface area (Å²) in [5, 5.41) is 2.63. The molecule has 0 aliphatic heterocycles. The maximum atomic E-state index is 10.1. The monoisotopic (exact) mass is 248 g/mol. The average molecular weight is 248 g/mol. The quantitative estimate of drug-likeness (QED) is 0.458. The Hall–Kier alpha value is -1.55. The largest absolute Gasteiger partial charge is 0.355 e. The molecular weight excluding hydrogens is 232 g/mol. The van der Waals surface area contributed by atoms with Gasteiger partial charge in [-0.25, -0.2) is 0 Å². The third-order valence-electron chi connectivity index (χ3n) is 2.01. The van der Waals surface area contributed by atoms with Crippen LogP contribution < -0.4 is 5.32 Å². The third-order valence-corrected chi connectivity index (χ3v) is 2.76. The number of thioether (sulfide) groups is 1. The molecule has 0 heterocycles. The predicted molar refractivity (Wildman–Crippen MR) is 73.9 cm³/mol. The lowest BCUT2D eigenvalue weighted by molar-refractivity contribution is -0.109. The molecular formula is C13H16N2OS. The van der Waals surface area contributed by atoms with Gasteiger partial charge < -0.3 is 5.32 Å². The van der Waals surface area contributed by atoms with E-state index in [2.05, 4.69) is 29.0 Å². The summed E-state index contributed by atoms with van der Waals surface area (Å²) in [4.78, 5) is 14.2. The van der Waals surface area contributed by atoms with Crippen molar-refractivity contribution in [2.45, 2.75) is 19.2 Å². The van der Waals surface area contributed by atoms with Crippen molar-refractivity contribution in [3.63, 3.8) is 0 Å². The van der Waals surface area contributed by atoms with E-state index in [-0.39, 0.29) is 0 Å². The molecule has 1 amide bonds. The van der Waals surface area contributed by atoms with Crippen LogP contribution in [-0.4, -0.2) is 12.0 Å². The van der Waals surface area contributed by atoms with Crippen LogP contribution in [0.2, 0.25) is 0 Å². The molecule has 0 saturated heterocycles. The average Bonchev–Trinajstić information content (AvgIpc) is 2.33. The number of carbonyl (C=O) groups excluding carboxylic acids is 1. The molecule has 0 aromatic heterocycles. The van der Waals surface area contributed by atoms with Gasteiger partial charge in [-0.15, -0.1) is 11.8 Å². The first-order chi connectivity index (χ1) is 8.22. The smallest absolute Gasteiger partial charge is 0.207 e. The van der Waals surface area contributed by atoms with Gasteiger partial charge in [-0.1, -0.05) is 30.8 Å². The number of carbonyl (C=O) groups is 1. The fraction of sp³-hybridized carbons (Fsp3) is 0.231. The van der Waals surface area contributed by atoms with Crippen molar-refractivity contribution in [3.05, 3.63) is 47.7 Å². The Labute approximate surface area is 106 Å². The molecule has 0 saturated carbocycles. The lowest BCUT2D eigenvalue weighted by atomic mass is 10.1. The van der Waals surface area contributed by atoms with Crippen molar-refractivity contribution < 1.29 is 4.79 Å². The van der Waals surface area contributed by atoms with E-state index in [0.717, 1.165) is 17.0 Å². The molecule has 17 heavy (non-hydrogen) atoms. The van der Waals surface area contributed by atoms with E-state index >= 15 is 0 Å². The van der Waals surface area contributed by atoms with E-state index in [1.165, 1.54) is 5.56 Å². The van der Waals surface area contributed by atoms with E-state index in [0.29, 0.717) is 13.0 Å². The van der Waals surface area contributed by atoms with E-state index < -0.39 is 0 Å². The summed E-state index contributed by atoms with van der Waals surface area (Å²) in [5.41, 5.74) is 4.96. The Morgan fingerprint density at radius 2 is 2.06 bits per heavy atom. The summed E-state index contributed by atoms with van der Waals surface area (Å²) >= 11 is 1.63. The van der Waals surface area contributed by atoms with Gasteiger partial charge in [0.05, 0.1) is 5.55 Å². The zero-order chi connectivity index (χ0) is 12.5. The van der Waals surface area contributed by atoms with Gasteiger partial charge in [-0.3, -0.25) is 9.79 Å². The van der Waals surface area contributed by atoms with Crippen LogP contribution in [0.25, 0.3) is 0 Å². The molecule has 3 nitrogen and oxygen atoms in total. The minimum atomic E-state index is 0.577. The van der Waals surface area contributed by atoms with E-state index in [9.17, 15) is 4.79 Å². The van der Waals surface area contributed by atoms with Gasteiger partial charge in [-0.05, 0) is 18.1 Å². The number of nitrogens with zero attached hydrogens (tertiary/aromatic N) is 1. The second-order valence-corrected chi connectivity index (χ2v) is 4.43. The molecule has 4 heteroatoms. The number of amides is 1. The van der Waals surface area contributed by atoms with Gasteiger partial charge >= 0.3 is 0 Å². The Kier molecular flexibility index (Phi) is 6.10. The number of rotatable bonds is 7. The van der Waals surface area contributed by atoms with Crippen molar-refractivity contribution >= 4 is 23.7 Å². The van der Waals surface area contributed by atoms with E-state index in [1.54, 1.807) is 11.8 Å². The number of hydrogen-bond donors (Lipinski definition) is 1. The SMILES string of the molecule is C=C(C)N=CSCc1ccc(CNC=O)cc1. The standard InChI is InChI=1S/C13H16N2OS/c1-11(2)15-10-17-8-13-5-3-12(4-6-13)7-14-9-16/h3-6,9-10H,1,7-8H2,2H3,(H,14,16). The molecule has 1 N–H and O–H groups in total. The molecule has 1 aromatic carbocycles. The summed E-state index contributed by atoms with van der Waals surface area (Å²) in [6.07, 6.45) is 0.706. The molecule has 0 radical (unpaired) electrons. The molecule has 0 aliphatic rings. The van der Waals surface area contributed by atoms with Crippen LogP contribution >= 0.6 is 11.8 Å². The number of hydrogen-bond acceptors (Lipinski definition) is 3. The van der Waals surface area contributed by atoms with Gasteiger partial charge in [0.2, 0.25) is 6.41 Å². The van der Waals surface area contributed by atoms with E-state index in [4.69, 9.17) is 0 Å². The normalized spacial score (nSPS) is 10.4. The highest BCUT2D eigenvalue weighted by molar-refractivity contribution is 8.11.